The van der Waals surface area contributed by atoms with Gasteiger partial charge in [0.25, 0.3) is 0 Å². The topological polar surface area (TPSA) is 98.7 Å². The maximum Gasteiger partial charge on any atom is 0.410 e. The number of ether oxygens (including phenoxy) is 1. The van der Waals surface area contributed by atoms with Gasteiger partial charge in [-0.25, -0.2) is 9.78 Å². The van der Waals surface area contributed by atoms with Crippen LogP contribution in [0.5, 0.6) is 0 Å². The Morgan fingerprint density at radius 1 is 1.25 bits per heavy atom. The van der Waals surface area contributed by atoms with Gasteiger partial charge in [-0.1, -0.05) is 0 Å². The number of rotatable bonds is 5. The van der Waals surface area contributed by atoms with Crippen LogP contribution in [0.2, 0.25) is 0 Å². The van der Waals surface area contributed by atoms with Crippen LogP contribution in [0.1, 0.15) is 71.5 Å². The number of hydrogen-bond donors (Lipinski definition) is 2. The first-order valence-electron chi connectivity index (χ1n) is 11.7. The molecule has 10 heteroatoms. The minimum Gasteiger partial charge on any atom is -0.444 e. The second-order valence-corrected chi connectivity index (χ2v) is 9.59. The van der Waals surface area contributed by atoms with E-state index in [4.69, 9.17) is 9.73 Å². The molecule has 32 heavy (non-hydrogen) atoms. The fourth-order valence-corrected chi connectivity index (χ4v) is 4.35. The van der Waals surface area contributed by atoms with Gasteiger partial charge in [-0.2, -0.15) is 5.10 Å². The third kappa shape index (κ3) is 8.08. The van der Waals surface area contributed by atoms with E-state index >= 15 is 0 Å². The summed E-state index contributed by atoms with van der Waals surface area (Å²) in [5.41, 5.74) is -0.448. The first-order valence-corrected chi connectivity index (χ1v) is 11.7. The number of H-pyrrole nitrogens is 1. The largest absolute Gasteiger partial charge is 0.444 e. The van der Waals surface area contributed by atoms with E-state index in [0.29, 0.717) is 11.8 Å². The molecule has 1 atom stereocenters. The monoisotopic (exact) mass is 561 g/mol. The highest BCUT2D eigenvalue weighted by atomic mass is 127. The Kier molecular flexibility index (Phi) is 10.5. The van der Waals surface area contributed by atoms with E-state index in [-0.39, 0.29) is 30.1 Å². The molecule has 2 fully saturated rings. The Balaban J connectivity index is 0.00000363. The van der Waals surface area contributed by atoms with Crippen LogP contribution in [0.15, 0.2) is 11.3 Å². The fourth-order valence-electron chi connectivity index (χ4n) is 4.35. The van der Waals surface area contributed by atoms with Gasteiger partial charge in [-0.3, -0.25) is 10.1 Å². The van der Waals surface area contributed by atoms with Crippen LogP contribution in [-0.2, 0) is 4.74 Å². The molecule has 3 heterocycles. The third-order valence-corrected chi connectivity index (χ3v) is 5.92. The predicted octanol–water partition coefficient (Wildman–Crippen LogP) is 3.60. The van der Waals surface area contributed by atoms with Crippen LogP contribution in [0, 0.1) is 5.92 Å². The number of carbonyl (C=O) groups excluding carboxylic acids is 1. The number of aromatic nitrogens is 3. The molecule has 3 rings (SSSR count). The molecule has 0 radical (unpaired) electrons. The Labute approximate surface area is 209 Å². The highest BCUT2D eigenvalue weighted by Crippen LogP contribution is 2.25. The van der Waals surface area contributed by atoms with Crippen molar-refractivity contribution in [3.05, 3.63) is 12.2 Å². The van der Waals surface area contributed by atoms with Gasteiger partial charge in [-0.15, -0.1) is 24.0 Å². The van der Waals surface area contributed by atoms with E-state index < -0.39 is 5.60 Å². The molecular formula is C22H40IN7O2. The predicted molar refractivity (Wildman–Crippen MR) is 136 cm³/mol. The number of nitrogens with one attached hydrogen (secondary N) is 2. The summed E-state index contributed by atoms with van der Waals surface area (Å²) in [5, 5.41) is 10.4. The summed E-state index contributed by atoms with van der Waals surface area (Å²) in [6.07, 6.45) is 6.66. The molecule has 2 saturated heterocycles. The molecule has 1 amide bonds. The number of guanidine groups is 1. The van der Waals surface area contributed by atoms with Crippen LogP contribution >= 0.6 is 24.0 Å². The Morgan fingerprint density at radius 2 is 2.00 bits per heavy atom. The number of piperidine rings is 2. The summed E-state index contributed by atoms with van der Waals surface area (Å²) in [5.74, 6) is 2.92. The number of hydrogen-bond acceptors (Lipinski definition) is 5. The van der Waals surface area contributed by atoms with Crippen molar-refractivity contribution in [2.75, 3.05) is 39.3 Å². The lowest BCUT2D eigenvalue weighted by Gasteiger charge is -2.34. The fraction of sp³-hybridized carbons (Fsp3) is 0.818. The lowest BCUT2D eigenvalue weighted by atomic mass is 9.95. The van der Waals surface area contributed by atoms with Crippen LogP contribution in [-0.4, -0.2) is 81.9 Å². The lowest BCUT2D eigenvalue weighted by Crippen LogP contribution is -2.45. The van der Waals surface area contributed by atoms with Gasteiger partial charge in [-0.05, 0) is 65.7 Å². The van der Waals surface area contributed by atoms with Gasteiger partial charge in [0.15, 0.2) is 5.96 Å². The Bertz CT molecular complexity index is 712. The first-order chi connectivity index (χ1) is 14.9. The van der Waals surface area contributed by atoms with Gasteiger partial charge in [0.2, 0.25) is 0 Å². The van der Waals surface area contributed by atoms with Crippen molar-refractivity contribution in [1.82, 2.24) is 30.3 Å². The summed E-state index contributed by atoms with van der Waals surface area (Å²) in [4.78, 5) is 25.8. The van der Waals surface area contributed by atoms with Gasteiger partial charge >= 0.3 is 6.09 Å². The molecule has 182 valence electrons. The maximum atomic E-state index is 12.4. The van der Waals surface area contributed by atoms with Crippen molar-refractivity contribution < 1.29 is 9.53 Å². The minimum absolute atomic E-state index is 0. The molecular weight excluding hydrogens is 521 g/mol. The van der Waals surface area contributed by atoms with Crippen LogP contribution < -0.4 is 5.32 Å². The minimum atomic E-state index is -0.448. The number of nitrogens with zero attached hydrogens (tertiary/aromatic N) is 5. The van der Waals surface area contributed by atoms with Crippen LogP contribution in [0.25, 0.3) is 0 Å². The van der Waals surface area contributed by atoms with Crippen LogP contribution in [0.3, 0.4) is 0 Å². The standard InChI is InChI=1S/C22H39N7O2.HI/c1-5-23-20(28-13-9-18(10-14-28)19-25-16-26-27-19)24-11-8-17-7-6-12-29(15-17)21(30)31-22(2,3)4;/h16-18H,5-15H2,1-4H3,(H,23,24)(H,25,26,27);1H. The zero-order valence-corrected chi connectivity index (χ0v) is 22.3. The highest BCUT2D eigenvalue weighted by Gasteiger charge is 2.28. The second kappa shape index (κ2) is 12.6. The van der Waals surface area contributed by atoms with Gasteiger partial charge in [0.1, 0.15) is 17.8 Å². The van der Waals surface area contributed by atoms with E-state index in [9.17, 15) is 4.79 Å². The van der Waals surface area contributed by atoms with E-state index in [1.54, 1.807) is 6.33 Å². The van der Waals surface area contributed by atoms with E-state index in [1.807, 2.05) is 25.7 Å². The number of aromatic amines is 1. The quantitative estimate of drug-likeness (QED) is 0.324. The van der Waals surface area contributed by atoms with Crippen molar-refractivity contribution in [3.8, 4) is 0 Å². The Morgan fingerprint density at radius 3 is 2.62 bits per heavy atom. The first kappa shape index (κ1) is 26.7. The highest BCUT2D eigenvalue weighted by molar-refractivity contribution is 14.0. The maximum absolute atomic E-state index is 12.4. The van der Waals surface area contributed by atoms with Crippen molar-refractivity contribution in [3.63, 3.8) is 0 Å². The van der Waals surface area contributed by atoms with Crippen molar-refractivity contribution in [2.45, 2.75) is 71.3 Å². The summed E-state index contributed by atoms with van der Waals surface area (Å²) >= 11 is 0. The smallest absolute Gasteiger partial charge is 0.410 e. The summed E-state index contributed by atoms with van der Waals surface area (Å²) in [7, 11) is 0. The zero-order chi connectivity index (χ0) is 22.3. The molecule has 1 aromatic heterocycles. The molecule has 2 N–H and O–H groups in total. The van der Waals surface area contributed by atoms with Crippen molar-refractivity contribution in [2.24, 2.45) is 10.9 Å². The van der Waals surface area contributed by atoms with E-state index in [2.05, 4.69) is 32.3 Å². The lowest BCUT2D eigenvalue weighted by molar-refractivity contribution is 0.0163. The van der Waals surface area contributed by atoms with Gasteiger partial charge < -0.3 is 19.9 Å². The average molecular weight is 562 g/mol. The van der Waals surface area contributed by atoms with Crippen molar-refractivity contribution >= 4 is 36.0 Å². The molecule has 0 spiro atoms. The molecule has 1 aromatic rings. The summed E-state index contributed by atoms with van der Waals surface area (Å²) in [6, 6.07) is 0. The van der Waals surface area contributed by atoms with Crippen LogP contribution in [0.4, 0.5) is 4.79 Å². The zero-order valence-electron chi connectivity index (χ0n) is 20.0. The number of carbonyl (C=O) groups is 1. The number of amides is 1. The molecule has 0 saturated carbocycles. The number of halogens is 1. The molecule has 2 aliphatic rings. The molecule has 9 nitrogen and oxygen atoms in total. The number of aliphatic imine (C=N–C) groups is 1. The summed E-state index contributed by atoms with van der Waals surface area (Å²) < 4.78 is 5.55. The van der Waals surface area contributed by atoms with Gasteiger partial charge in [0.05, 0.1) is 0 Å². The Hall–Kier alpha value is -1.59. The van der Waals surface area contributed by atoms with E-state index in [0.717, 1.165) is 83.2 Å². The second-order valence-electron chi connectivity index (χ2n) is 9.59. The molecule has 0 aliphatic carbocycles. The summed E-state index contributed by atoms with van der Waals surface area (Å²) in [6.45, 7) is 13.0. The average Bonchev–Trinajstić information content (AvgIpc) is 3.27. The van der Waals surface area contributed by atoms with E-state index in [1.165, 1.54) is 0 Å². The van der Waals surface area contributed by atoms with Crippen molar-refractivity contribution in [1.29, 1.82) is 0 Å². The molecule has 0 bridgehead atoms. The molecule has 0 aromatic carbocycles. The van der Waals surface area contributed by atoms with Gasteiger partial charge in [0, 0.05) is 45.2 Å². The number of likely N-dealkylation sites (tertiary alicyclic amines) is 2. The SMILES string of the molecule is CCNC(=NCCC1CCCN(C(=O)OC(C)(C)C)C1)N1CCC(c2ncn[nH]2)CC1.I. The molecule has 1 unspecified atom stereocenters. The molecule has 2 aliphatic heterocycles. The normalized spacial score (nSPS) is 20.6. The third-order valence-electron chi connectivity index (χ3n) is 5.92.